The number of amidine groups is 1. The minimum Gasteiger partial charge on any atom is -0.387 e. The van der Waals surface area contributed by atoms with Crippen molar-refractivity contribution in [3.8, 4) is 0 Å². The highest BCUT2D eigenvalue weighted by Gasteiger charge is 2.08. The second-order valence-electron chi connectivity index (χ2n) is 3.81. The maximum absolute atomic E-state index is 5.79. The minimum absolute atomic E-state index is 0. The quantitative estimate of drug-likeness (QED) is 0.864. The van der Waals surface area contributed by atoms with E-state index in [9.17, 15) is 0 Å². The van der Waals surface area contributed by atoms with Gasteiger partial charge in [-0.1, -0.05) is 18.6 Å². The number of nitrogens with two attached hydrogens (primary N) is 1. The number of aliphatic imine (C=N–C) groups is 1. The van der Waals surface area contributed by atoms with E-state index in [1.807, 2.05) is 0 Å². The van der Waals surface area contributed by atoms with Crippen LogP contribution in [0.1, 0.15) is 30.6 Å². The van der Waals surface area contributed by atoms with Gasteiger partial charge < -0.3 is 5.73 Å². The molecule has 0 radical (unpaired) electrons. The van der Waals surface area contributed by atoms with Gasteiger partial charge in [-0.25, -0.2) is 0 Å². The molecule has 0 spiro atoms. The molecule has 2 nitrogen and oxygen atoms in total. The predicted molar refractivity (Wildman–Crippen MR) is 74.5 cm³/mol. The lowest BCUT2D eigenvalue weighted by molar-refractivity contribution is 0.669. The van der Waals surface area contributed by atoms with Crippen molar-refractivity contribution in [2.45, 2.75) is 31.7 Å². The molecule has 2 N–H and O–H groups in total. The van der Waals surface area contributed by atoms with E-state index in [0.717, 1.165) is 18.7 Å². The second kappa shape index (κ2) is 6.71. The number of halogens is 1. The van der Waals surface area contributed by atoms with Gasteiger partial charge in [0, 0.05) is 11.3 Å². The van der Waals surface area contributed by atoms with Gasteiger partial charge in [-0.15, -0.1) is 23.7 Å². The Balaban J connectivity index is 0.00000128. The SMILES string of the molecule is Cl.NC1=NC(C=Cc2cccs2)CCCC1. The van der Waals surface area contributed by atoms with Gasteiger partial charge >= 0.3 is 0 Å². The lowest BCUT2D eigenvalue weighted by Crippen LogP contribution is -2.12. The van der Waals surface area contributed by atoms with Crippen molar-refractivity contribution < 1.29 is 0 Å². The molecule has 1 aliphatic heterocycles. The van der Waals surface area contributed by atoms with E-state index in [-0.39, 0.29) is 18.4 Å². The largest absolute Gasteiger partial charge is 0.387 e. The van der Waals surface area contributed by atoms with Gasteiger partial charge in [-0.2, -0.15) is 0 Å². The Morgan fingerprint density at radius 3 is 3.06 bits per heavy atom. The van der Waals surface area contributed by atoms with E-state index in [0.29, 0.717) is 0 Å². The van der Waals surface area contributed by atoms with Crippen LogP contribution in [0, 0.1) is 0 Å². The van der Waals surface area contributed by atoms with Crippen LogP contribution in [0.5, 0.6) is 0 Å². The van der Waals surface area contributed by atoms with Gasteiger partial charge in [-0.3, -0.25) is 4.99 Å². The van der Waals surface area contributed by atoms with Crippen LogP contribution < -0.4 is 5.73 Å². The van der Waals surface area contributed by atoms with Crippen molar-refractivity contribution in [1.82, 2.24) is 0 Å². The molecule has 4 heteroatoms. The molecule has 16 heavy (non-hydrogen) atoms. The molecule has 2 rings (SSSR count). The summed E-state index contributed by atoms with van der Waals surface area (Å²) < 4.78 is 0. The molecular weight excluding hydrogens is 240 g/mol. The second-order valence-corrected chi connectivity index (χ2v) is 4.79. The van der Waals surface area contributed by atoms with Gasteiger partial charge in [0.2, 0.25) is 0 Å². The Morgan fingerprint density at radius 2 is 2.31 bits per heavy atom. The van der Waals surface area contributed by atoms with Gasteiger partial charge in [0.05, 0.1) is 11.9 Å². The lowest BCUT2D eigenvalue weighted by Gasteiger charge is -2.03. The highest BCUT2D eigenvalue weighted by Crippen LogP contribution is 2.16. The fourth-order valence-corrected chi connectivity index (χ4v) is 2.36. The predicted octanol–water partition coefficient (Wildman–Crippen LogP) is 3.48. The van der Waals surface area contributed by atoms with Gasteiger partial charge in [0.25, 0.3) is 0 Å². The van der Waals surface area contributed by atoms with Crippen molar-refractivity contribution >= 4 is 35.7 Å². The van der Waals surface area contributed by atoms with Crippen molar-refractivity contribution in [1.29, 1.82) is 0 Å². The first-order valence-electron chi connectivity index (χ1n) is 5.38. The Labute approximate surface area is 107 Å². The minimum atomic E-state index is 0. The molecule has 0 saturated heterocycles. The van der Waals surface area contributed by atoms with Crippen LogP contribution in [0.2, 0.25) is 0 Å². The fraction of sp³-hybridized carbons (Fsp3) is 0.417. The first-order valence-corrected chi connectivity index (χ1v) is 6.26. The van der Waals surface area contributed by atoms with Crippen LogP contribution in [-0.2, 0) is 0 Å². The highest BCUT2D eigenvalue weighted by molar-refractivity contribution is 7.10. The molecule has 0 aromatic carbocycles. The third-order valence-electron chi connectivity index (χ3n) is 2.54. The van der Waals surface area contributed by atoms with E-state index in [4.69, 9.17) is 5.73 Å². The van der Waals surface area contributed by atoms with Crippen LogP contribution in [0.3, 0.4) is 0 Å². The Morgan fingerprint density at radius 1 is 1.44 bits per heavy atom. The summed E-state index contributed by atoms with van der Waals surface area (Å²) in [6.45, 7) is 0. The van der Waals surface area contributed by atoms with Crippen molar-refractivity contribution in [3.63, 3.8) is 0 Å². The van der Waals surface area contributed by atoms with Crippen LogP contribution >= 0.6 is 23.7 Å². The summed E-state index contributed by atoms with van der Waals surface area (Å²) in [6, 6.07) is 4.47. The Bertz CT molecular complexity index is 357. The van der Waals surface area contributed by atoms with E-state index in [2.05, 4.69) is 34.7 Å². The van der Waals surface area contributed by atoms with Crippen LogP contribution in [-0.4, -0.2) is 11.9 Å². The maximum Gasteiger partial charge on any atom is 0.0944 e. The lowest BCUT2D eigenvalue weighted by atomic mass is 10.1. The Kier molecular flexibility index (Phi) is 5.56. The molecule has 0 amide bonds. The van der Waals surface area contributed by atoms with Crippen LogP contribution in [0.15, 0.2) is 28.6 Å². The molecule has 1 atom stereocenters. The smallest absolute Gasteiger partial charge is 0.0944 e. The molecule has 88 valence electrons. The molecule has 0 saturated carbocycles. The summed E-state index contributed by atoms with van der Waals surface area (Å²) in [5, 5.41) is 2.09. The molecule has 1 aliphatic rings. The standard InChI is InChI=1S/C12H16N2S.ClH/c13-12-6-2-1-4-10(14-12)7-8-11-5-3-9-15-11;/h3,5,7-10H,1-2,4,6H2,(H2,13,14);1H. The van der Waals surface area contributed by atoms with Gasteiger partial charge in [-0.05, 0) is 30.4 Å². The van der Waals surface area contributed by atoms with Crippen molar-refractivity contribution in [3.05, 3.63) is 28.5 Å². The summed E-state index contributed by atoms with van der Waals surface area (Å²) in [7, 11) is 0. The average Bonchev–Trinajstić information content (AvgIpc) is 2.65. The first kappa shape index (κ1) is 13.3. The molecule has 1 unspecified atom stereocenters. The zero-order valence-electron chi connectivity index (χ0n) is 9.13. The first-order chi connectivity index (χ1) is 7.34. The number of rotatable bonds is 2. The van der Waals surface area contributed by atoms with Gasteiger partial charge in [0.1, 0.15) is 0 Å². The van der Waals surface area contributed by atoms with Crippen LogP contribution in [0.4, 0.5) is 0 Å². The van der Waals surface area contributed by atoms with Crippen molar-refractivity contribution in [2.24, 2.45) is 10.7 Å². The monoisotopic (exact) mass is 256 g/mol. The molecule has 0 fully saturated rings. The number of nitrogens with zero attached hydrogens (tertiary/aromatic N) is 1. The van der Waals surface area contributed by atoms with Crippen LogP contribution in [0.25, 0.3) is 6.08 Å². The summed E-state index contributed by atoms with van der Waals surface area (Å²) >= 11 is 1.75. The fourth-order valence-electron chi connectivity index (χ4n) is 1.73. The van der Waals surface area contributed by atoms with E-state index >= 15 is 0 Å². The summed E-state index contributed by atoms with van der Waals surface area (Å²) in [5.74, 6) is 0.813. The normalized spacial score (nSPS) is 21.2. The third-order valence-corrected chi connectivity index (χ3v) is 3.38. The van der Waals surface area contributed by atoms with E-state index in [1.54, 1.807) is 11.3 Å². The Hall–Kier alpha value is -0.800. The van der Waals surface area contributed by atoms with E-state index in [1.165, 1.54) is 17.7 Å². The molecule has 0 aliphatic carbocycles. The summed E-state index contributed by atoms with van der Waals surface area (Å²) in [5.41, 5.74) is 5.79. The molecule has 1 aromatic heterocycles. The highest BCUT2D eigenvalue weighted by atomic mass is 35.5. The summed E-state index contributed by atoms with van der Waals surface area (Å²) in [6.07, 6.45) is 8.82. The molecule has 0 bridgehead atoms. The zero-order valence-corrected chi connectivity index (χ0v) is 10.8. The molecule has 1 aromatic rings. The number of hydrogen-bond donors (Lipinski definition) is 1. The average molecular weight is 257 g/mol. The molecule has 2 heterocycles. The maximum atomic E-state index is 5.79. The third kappa shape index (κ3) is 3.99. The summed E-state index contributed by atoms with van der Waals surface area (Å²) in [4.78, 5) is 5.77. The number of hydrogen-bond acceptors (Lipinski definition) is 3. The molecular formula is C12H17ClN2S. The topological polar surface area (TPSA) is 38.4 Å². The van der Waals surface area contributed by atoms with Gasteiger partial charge in [0.15, 0.2) is 0 Å². The number of thiophene rings is 1. The van der Waals surface area contributed by atoms with Crippen molar-refractivity contribution in [2.75, 3.05) is 0 Å². The zero-order chi connectivity index (χ0) is 10.5. The van der Waals surface area contributed by atoms with E-state index < -0.39 is 0 Å².